The van der Waals surface area contributed by atoms with E-state index in [9.17, 15) is 4.79 Å². The first-order valence-corrected chi connectivity index (χ1v) is 5.89. The SMILES string of the molecule is Nc1cc(C(=O)NCc2ccno2)n(C2CC2)c1. The van der Waals surface area contributed by atoms with Crippen molar-refractivity contribution in [3.8, 4) is 0 Å². The second-order valence-corrected chi connectivity index (χ2v) is 4.46. The zero-order valence-electron chi connectivity index (χ0n) is 9.80. The van der Waals surface area contributed by atoms with E-state index < -0.39 is 0 Å². The Labute approximate surface area is 104 Å². The van der Waals surface area contributed by atoms with Gasteiger partial charge in [0.05, 0.1) is 18.4 Å². The maximum atomic E-state index is 12.1. The third-order valence-corrected chi connectivity index (χ3v) is 2.96. The summed E-state index contributed by atoms with van der Waals surface area (Å²) >= 11 is 0. The second-order valence-electron chi connectivity index (χ2n) is 4.46. The third kappa shape index (κ3) is 2.09. The molecule has 0 saturated heterocycles. The molecule has 0 radical (unpaired) electrons. The Morgan fingerprint density at radius 3 is 3.11 bits per heavy atom. The standard InChI is InChI=1S/C12H14N4O2/c13-8-5-11(16(7-8)9-1-2-9)12(17)14-6-10-3-4-15-18-10/h3-5,7,9H,1-2,6,13H2,(H,14,17). The predicted octanol–water partition coefficient (Wildman–Crippen LogP) is 1.32. The number of anilines is 1. The third-order valence-electron chi connectivity index (χ3n) is 2.96. The molecule has 3 N–H and O–H groups in total. The number of nitrogens with zero attached hydrogens (tertiary/aromatic N) is 2. The summed E-state index contributed by atoms with van der Waals surface area (Å²) < 4.78 is 6.87. The van der Waals surface area contributed by atoms with Crippen LogP contribution >= 0.6 is 0 Å². The van der Waals surface area contributed by atoms with Crippen LogP contribution < -0.4 is 11.1 Å². The fourth-order valence-corrected chi connectivity index (χ4v) is 1.93. The number of hydrogen-bond donors (Lipinski definition) is 2. The Bertz CT molecular complexity index is 555. The Kier molecular flexibility index (Phi) is 2.55. The molecule has 2 heterocycles. The number of carbonyl (C=O) groups is 1. The van der Waals surface area contributed by atoms with Gasteiger partial charge in [-0.15, -0.1) is 0 Å². The van der Waals surface area contributed by atoms with Gasteiger partial charge in [-0.2, -0.15) is 0 Å². The fourth-order valence-electron chi connectivity index (χ4n) is 1.93. The van der Waals surface area contributed by atoms with Gasteiger partial charge in [0.1, 0.15) is 5.69 Å². The van der Waals surface area contributed by atoms with E-state index in [0.717, 1.165) is 12.8 Å². The van der Waals surface area contributed by atoms with Crippen LogP contribution in [0.4, 0.5) is 5.69 Å². The second kappa shape index (κ2) is 4.21. The minimum atomic E-state index is -0.144. The Morgan fingerprint density at radius 1 is 1.61 bits per heavy atom. The van der Waals surface area contributed by atoms with Crippen LogP contribution in [-0.4, -0.2) is 15.6 Å². The van der Waals surface area contributed by atoms with Crippen molar-refractivity contribution in [1.82, 2.24) is 15.0 Å². The molecular weight excluding hydrogens is 232 g/mol. The molecule has 6 heteroatoms. The number of nitrogens with two attached hydrogens (primary N) is 1. The zero-order valence-corrected chi connectivity index (χ0v) is 9.80. The van der Waals surface area contributed by atoms with Crippen LogP contribution in [0.5, 0.6) is 0 Å². The average molecular weight is 246 g/mol. The number of aromatic nitrogens is 2. The Balaban J connectivity index is 1.71. The summed E-state index contributed by atoms with van der Waals surface area (Å²) in [5, 5.41) is 6.37. The average Bonchev–Trinajstić information content (AvgIpc) is 2.92. The molecule has 2 aromatic rings. The van der Waals surface area contributed by atoms with E-state index in [4.69, 9.17) is 10.3 Å². The monoisotopic (exact) mass is 246 g/mol. The molecule has 0 atom stereocenters. The van der Waals surface area contributed by atoms with Crippen molar-refractivity contribution in [3.63, 3.8) is 0 Å². The lowest BCUT2D eigenvalue weighted by molar-refractivity contribution is 0.0937. The summed E-state index contributed by atoms with van der Waals surface area (Å²) in [4.78, 5) is 12.1. The number of amides is 1. The smallest absolute Gasteiger partial charge is 0.268 e. The number of hydrogen-bond acceptors (Lipinski definition) is 4. The molecule has 1 saturated carbocycles. The van der Waals surface area contributed by atoms with E-state index in [2.05, 4.69) is 10.5 Å². The largest absolute Gasteiger partial charge is 0.397 e. The molecule has 1 aliphatic rings. The normalized spacial score (nSPS) is 14.7. The summed E-state index contributed by atoms with van der Waals surface area (Å²) in [7, 11) is 0. The van der Waals surface area contributed by atoms with Crippen molar-refractivity contribution < 1.29 is 9.32 Å². The molecule has 1 aliphatic carbocycles. The van der Waals surface area contributed by atoms with Crippen molar-refractivity contribution in [2.45, 2.75) is 25.4 Å². The molecule has 94 valence electrons. The number of nitrogens with one attached hydrogen (secondary N) is 1. The van der Waals surface area contributed by atoms with Crippen LogP contribution in [0.3, 0.4) is 0 Å². The lowest BCUT2D eigenvalue weighted by Crippen LogP contribution is -2.25. The van der Waals surface area contributed by atoms with E-state index >= 15 is 0 Å². The summed E-state index contributed by atoms with van der Waals surface area (Å²) in [6, 6.07) is 3.84. The number of carbonyl (C=O) groups excluding carboxylic acids is 1. The molecule has 2 aromatic heterocycles. The fraction of sp³-hybridized carbons (Fsp3) is 0.333. The molecule has 0 unspecified atom stereocenters. The minimum absolute atomic E-state index is 0.144. The first kappa shape index (κ1) is 10.9. The maximum Gasteiger partial charge on any atom is 0.268 e. The Morgan fingerprint density at radius 2 is 2.44 bits per heavy atom. The van der Waals surface area contributed by atoms with Gasteiger partial charge in [0.15, 0.2) is 5.76 Å². The van der Waals surface area contributed by atoms with Crippen LogP contribution in [0.25, 0.3) is 0 Å². The topological polar surface area (TPSA) is 86.1 Å². The highest BCUT2D eigenvalue weighted by molar-refractivity contribution is 5.93. The van der Waals surface area contributed by atoms with Crippen molar-refractivity contribution in [3.05, 3.63) is 36.0 Å². The molecule has 1 fully saturated rings. The van der Waals surface area contributed by atoms with E-state index in [-0.39, 0.29) is 5.91 Å². The highest BCUT2D eigenvalue weighted by Crippen LogP contribution is 2.37. The molecule has 18 heavy (non-hydrogen) atoms. The maximum absolute atomic E-state index is 12.1. The van der Waals surface area contributed by atoms with Crippen molar-refractivity contribution >= 4 is 11.6 Å². The van der Waals surface area contributed by atoms with Gasteiger partial charge in [0.25, 0.3) is 5.91 Å². The molecule has 0 bridgehead atoms. The summed E-state index contributed by atoms with van der Waals surface area (Å²) in [5.74, 6) is 0.482. The van der Waals surface area contributed by atoms with E-state index in [1.54, 1.807) is 18.3 Å². The lowest BCUT2D eigenvalue weighted by atomic mass is 10.3. The van der Waals surface area contributed by atoms with E-state index in [0.29, 0.717) is 29.7 Å². The predicted molar refractivity (Wildman–Crippen MR) is 64.8 cm³/mol. The van der Waals surface area contributed by atoms with Gasteiger partial charge in [-0.1, -0.05) is 5.16 Å². The van der Waals surface area contributed by atoms with Gasteiger partial charge in [-0.05, 0) is 18.9 Å². The van der Waals surface area contributed by atoms with E-state index in [1.165, 1.54) is 0 Å². The molecule has 3 rings (SSSR count). The molecule has 0 aromatic carbocycles. The van der Waals surface area contributed by atoms with Gasteiger partial charge < -0.3 is 20.1 Å². The van der Waals surface area contributed by atoms with Gasteiger partial charge in [-0.25, -0.2) is 0 Å². The highest BCUT2D eigenvalue weighted by atomic mass is 16.5. The molecule has 6 nitrogen and oxygen atoms in total. The number of rotatable bonds is 4. The van der Waals surface area contributed by atoms with Crippen molar-refractivity contribution in [2.75, 3.05) is 5.73 Å². The van der Waals surface area contributed by atoms with Crippen LogP contribution in [0.1, 0.15) is 35.1 Å². The summed E-state index contributed by atoms with van der Waals surface area (Å²) in [6.45, 7) is 0.328. The summed E-state index contributed by atoms with van der Waals surface area (Å²) in [5.41, 5.74) is 6.97. The van der Waals surface area contributed by atoms with Crippen molar-refractivity contribution in [2.24, 2.45) is 0 Å². The highest BCUT2D eigenvalue weighted by Gasteiger charge is 2.27. The quantitative estimate of drug-likeness (QED) is 0.852. The first-order chi connectivity index (χ1) is 8.74. The molecule has 1 amide bonds. The van der Waals surface area contributed by atoms with Crippen LogP contribution in [0.2, 0.25) is 0 Å². The number of nitrogen functional groups attached to an aromatic ring is 1. The van der Waals surface area contributed by atoms with Crippen LogP contribution in [-0.2, 0) is 6.54 Å². The van der Waals surface area contributed by atoms with Crippen molar-refractivity contribution in [1.29, 1.82) is 0 Å². The summed E-state index contributed by atoms with van der Waals surface area (Å²) in [6.07, 6.45) is 5.58. The van der Waals surface area contributed by atoms with Gasteiger partial charge in [0.2, 0.25) is 0 Å². The van der Waals surface area contributed by atoms with E-state index in [1.807, 2.05) is 10.8 Å². The first-order valence-electron chi connectivity index (χ1n) is 5.89. The lowest BCUT2D eigenvalue weighted by Gasteiger charge is -2.07. The molecule has 0 aliphatic heterocycles. The molecule has 0 spiro atoms. The van der Waals surface area contributed by atoms with Crippen LogP contribution in [0.15, 0.2) is 29.0 Å². The minimum Gasteiger partial charge on any atom is -0.397 e. The Hall–Kier alpha value is -2.24. The van der Waals surface area contributed by atoms with Crippen LogP contribution in [0, 0.1) is 0 Å². The van der Waals surface area contributed by atoms with Gasteiger partial charge >= 0.3 is 0 Å². The van der Waals surface area contributed by atoms with Gasteiger partial charge in [0, 0.05) is 18.3 Å². The zero-order chi connectivity index (χ0) is 12.5. The molecular formula is C12H14N4O2. The van der Waals surface area contributed by atoms with Gasteiger partial charge in [-0.3, -0.25) is 4.79 Å².